The van der Waals surface area contributed by atoms with E-state index in [0.29, 0.717) is 11.5 Å². The smallest absolute Gasteiger partial charge is 0.255 e. The molecule has 2 aliphatic heterocycles. The van der Waals surface area contributed by atoms with Gasteiger partial charge in [0.15, 0.2) is 0 Å². The van der Waals surface area contributed by atoms with Gasteiger partial charge in [-0.05, 0) is 55.5 Å². The van der Waals surface area contributed by atoms with E-state index >= 15 is 0 Å². The van der Waals surface area contributed by atoms with Crippen LogP contribution in [0.1, 0.15) is 34.3 Å². The van der Waals surface area contributed by atoms with Gasteiger partial charge in [-0.2, -0.15) is 0 Å². The SMILES string of the molecule is CN1CCN(Cc2ccc(CC3CCN(C(=O)c4cccnc4)CC3)cc2)CC1. The third kappa shape index (κ3) is 5.43. The van der Waals surface area contributed by atoms with Crippen LogP contribution >= 0.6 is 0 Å². The van der Waals surface area contributed by atoms with Crippen LogP contribution in [-0.2, 0) is 13.0 Å². The molecule has 1 aromatic carbocycles. The Labute approximate surface area is 174 Å². The molecular formula is C24H32N4O. The van der Waals surface area contributed by atoms with Crippen molar-refractivity contribution in [2.75, 3.05) is 46.3 Å². The van der Waals surface area contributed by atoms with Crippen LogP contribution in [0.5, 0.6) is 0 Å². The number of hydrogen-bond acceptors (Lipinski definition) is 4. The van der Waals surface area contributed by atoms with Crippen molar-refractivity contribution >= 4 is 5.91 Å². The van der Waals surface area contributed by atoms with E-state index in [1.807, 2.05) is 17.0 Å². The molecule has 0 radical (unpaired) electrons. The topological polar surface area (TPSA) is 39.7 Å². The second-order valence-corrected chi connectivity index (χ2v) is 8.58. The van der Waals surface area contributed by atoms with Crippen molar-refractivity contribution in [3.63, 3.8) is 0 Å². The molecule has 0 N–H and O–H groups in total. The Bertz CT molecular complexity index is 776. The monoisotopic (exact) mass is 392 g/mol. The largest absolute Gasteiger partial charge is 0.339 e. The quantitative estimate of drug-likeness (QED) is 0.784. The number of hydrogen-bond donors (Lipinski definition) is 0. The summed E-state index contributed by atoms with van der Waals surface area (Å²) in [6, 6.07) is 12.9. The summed E-state index contributed by atoms with van der Waals surface area (Å²) in [5.74, 6) is 0.779. The van der Waals surface area contributed by atoms with Crippen molar-refractivity contribution in [2.45, 2.75) is 25.8 Å². The molecular weight excluding hydrogens is 360 g/mol. The number of piperazine rings is 1. The number of nitrogens with zero attached hydrogens (tertiary/aromatic N) is 4. The maximum absolute atomic E-state index is 12.6. The molecule has 2 aromatic rings. The third-order valence-corrected chi connectivity index (χ3v) is 6.36. The highest BCUT2D eigenvalue weighted by Crippen LogP contribution is 2.23. The molecule has 2 saturated heterocycles. The highest BCUT2D eigenvalue weighted by atomic mass is 16.2. The zero-order chi connectivity index (χ0) is 20.1. The van der Waals surface area contributed by atoms with Crippen molar-refractivity contribution in [1.29, 1.82) is 0 Å². The fourth-order valence-electron chi connectivity index (χ4n) is 4.39. The molecule has 0 spiro atoms. The van der Waals surface area contributed by atoms with E-state index in [1.54, 1.807) is 12.4 Å². The number of benzene rings is 1. The Morgan fingerprint density at radius 2 is 1.66 bits per heavy atom. The van der Waals surface area contributed by atoms with Crippen molar-refractivity contribution in [2.24, 2.45) is 5.92 Å². The maximum atomic E-state index is 12.6. The summed E-state index contributed by atoms with van der Waals surface area (Å²) in [6.07, 6.45) is 6.64. The lowest BCUT2D eigenvalue weighted by Gasteiger charge is -2.32. The summed E-state index contributed by atoms with van der Waals surface area (Å²) in [7, 11) is 2.20. The van der Waals surface area contributed by atoms with E-state index in [0.717, 1.165) is 52.0 Å². The van der Waals surface area contributed by atoms with Crippen LogP contribution in [0.25, 0.3) is 0 Å². The first kappa shape index (κ1) is 20.0. The standard InChI is InChI=1S/C24H32N4O/c1-26-13-15-27(16-14-26)19-22-6-4-20(5-7-22)17-21-8-11-28(12-9-21)24(29)23-3-2-10-25-18-23/h2-7,10,18,21H,8-9,11-17,19H2,1H3. The fraction of sp³-hybridized carbons (Fsp3) is 0.500. The van der Waals surface area contributed by atoms with Gasteiger partial charge in [0.2, 0.25) is 0 Å². The number of amides is 1. The van der Waals surface area contributed by atoms with Crippen LogP contribution in [0.2, 0.25) is 0 Å². The Kier molecular flexibility index (Phi) is 6.57. The Balaban J connectivity index is 1.24. The molecule has 0 bridgehead atoms. The minimum Gasteiger partial charge on any atom is -0.339 e. The Morgan fingerprint density at radius 3 is 2.31 bits per heavy atom. The number of carbonyl (C=O) groups excluding carboxylic acids is 1. The fourth-order valence-corrected chi connectivity index (χ4v) is 4.39. The van der Waals surface area contributed by atoms with E-state index in [9.17, 15) is 4.79 Å². The third-order valence-electron chi connectivity index (χ3n) is 6.36. The number of carbonyl (C=O) groups is 1. The number of rotatable bonds is 5. The number of piperidine rings is 1. The number of pyridine rings is 1. The molecule has 29 heavy (non-hydrogen) atoms. The molecule has 3 heterocycles. The first-order chi connectivity index (χ1) is 14.2. The zero-order valence-corrected chi connectivity index (χ0v) is 17.5. The summed E-state index contributed by atoms with van der Waals surface area (Å²) in [4.78, 5) is 23.6. The van der Waals surface area contributed by atoms with Gasteiger partial charge in [-0.15, -0.1) is 0 Å². The normalized spacial score (nSPS) is 19.4. The first-order valence-electron chi connectivity index (χ1n) is 10.9. The molecule has 5 heteroatoms. The van der Waals surface area contributed by atoms with Gasteiger partial charge in [-0.25, -0.2) is 0 Å². The predicted octanol–water partition coefficient (Wildman–Crippen LogP) is 2.92. The Morgan fingerprint density at radius 1 is 0.966 bits per heavy atom. The van der Waals surface area contributed by atoms with Gasteiger partial charge in [0.05, 0.1) is 5.56 Å². The molecule has 154 valence electrons. The molecule has 1 amide bonds. The average molecular weight is 393 g/mol. The predicted molar refractivity (Wildman–Crippen MR) is 116 cm³/mol. The molecule has 0 saturated carbocycles. The second-order valence-electron chi connectivity index (χ2n) is 8.58. The number of likely N-dealkylation sites (tertiary alicyclic amines) is 1. The van der Waals surface area contributed by atoms with Crippen LogP contribution in [0.3, 0.4) is 0 Å². The second kappa shape index (κ2) is 9.51. The molecule has 0 aliphatic carbocycles. The van der Waals surface area contributed by atoms with Crippen molar-refractivity contribution in [1.82, 2.24) is 19.7 Å². The van der Waals surface area contributed by atoms with Gasteiger partial charge >= 0.3 is 0 Å². The molecule has 0 unspecified atom stereocenters. The van der Waals surface area contributed by atoms with Crippen LogP contribution < -0.4 is 0 Å². The Hall–Kier alpha value is -2.24. The average Bonchev–Trinajstić information content (AvgIpc) is 2.77. The summed E-state index contributed by atoms with van der Waals surface area (Å²) >= 11 is 0. The number of likely N-dealkylation sites (N-methyl/N-ethyl adjacent to an activating group) is 1. The maximum Gasteiger partial charge on any atom is 0.255 e. The lowest BCUT2D eigenvalue weighted by atomic mass is 9.89. The lowest BCUT2D eigenvalue weighted by Crippen LogP contribution is -2.43. The van der Waals surface area contributed by atoms with Crippen LogP contribution in [0.15, 0.2) is 48.8 Å². The molecule has 5 nitrogen and oxygen atoms in total. The first-order valence-corrected chi connectivity index (χ1v) is 10.9. The highest BCUT2D eigenvalue weighted by Gasteiger charge is 2.24. The van der Waals surface area contributed by atoms with E-state index in [4.69, 9.17) is 0 Å². The summed E-state index contributed by atoms with van der Waals surface area (Å²) in [5.41, 5.74) is 3.53. The van der Waals surface area contributed by atoms with E-state index in [1.165, 1.54) is 24.2 Å². The van der Waals surface area contributed by atoms with Gasteiger partial charge in [-0.1, -0.05) is 24.3 Å². The van der Waals surface area contributed by atoms with Gasteiger partial charge < -0.3 is 9.80 Å². The zero-order valence-electron chi connectivity index (χ0n) is 17.5. The van der Waals surface area contributed by atoms with Crippen molar-refractivity contribution in [3.05, 3.63) is 65.5 Å². The molecule has 4 rings (SSSR count). The van der Waals surface area contributed by atoms with Gasteiger partial charge in [0.1, 0.15) is 0 Å². The summed E-state index contributed by atoms with van der Waals surface area (Å²) < 4.78 is 0. The van der Waals surface area contributed by atoms with E-state index in [2.05, 4.69) is 46.1 Å². The number of aromatic nitrogens is 1. The summed E-state index contributed by atoms with van der Waals surface area (Å²) in [6.45, 7) is 7.41. The lowest BCUT2D eigenvalue weighted by molar-refractivity contribution is 0.0690. The molecule has 2 aliphatic rings. The van der Waals surface area contributed by atoms with Crippen LogP contribution in [0, 0.1) is 5.92 Å². The minimum absolute atomic E-state index is 0.116. The van der Waals surface area contributed by atoms with Crippen LogP contribution in [-0.4, -0.2) is 71.9 Å². The minimum atomic E-state index is 0.116. The molecule has 0 atom stereocenters. The van der Waals surface area contributed by atoms with Crippen molar-refractivity contribution in [3.8, 4) is 0 Å². The molecule has 1 aromatic heterocycles. The summed E-state index contributed by atoms with van der Waals surface area (Å²) in [5, 5.41) is 0. The van der Waals surface area contributed by atoms with Crippen molar-refractivity contribution < 1.29 is 4.79 Å². The van der Waals surface area contributed by atoms with Gasteiger partial charge in [0.25, 0.3) is 5.91 Å². The van der Waals surface area contributed by atoms with Crippen LogP contribution in [0.4, 0.5) is 0 Å². The molecule has 2 fully saturated rings. The van der Waals surface area contributed by atoms with Gasteiger partial charge in [-0.3, -0.25) is 14.7 Å². The highest BCUT2D eigenvalue weighted by molar-refractivity contribution is 5.93. The van der Waals surface area contributed by atoms with Gasteiger partial charge in [0, 0.05) is 58.2 Å². The van der Waals surface area contributed by atoms with E-state index < -0.39 is 0 Å². The van der Waals surface area contributed by atoms with E-state index in [-0.39, 0.29) is 5.91 Å².